The molecule has 1 aromatic carbocycles. The van der Waals surface area contributed by atoms with Crippen molar-refractivity contribution in [2.75, 3.05) is 0 Å². The Labute approximate surface area is 106 Å². The molecule has 2 aromatic rings. The van der Waals surface area contributed by atoms with Crippen molar-refractivity contribution in [2.24, 2.45) is 0 Å². The maximum absolute atomic E-state index is 5.89. The lowest BCUT2D eigenvalue weighted by molar-refractivity contribution is 0.0523. The minimum absolute atomic E-state index is 0.0126. The van der Waals surface area contributed by atoms with Crippen molar-refractivity contribution in [1.82, 2.24) is 4.98 Å². The van der Waals surface area contributed by atoms with Gasteiger partial charge in [-0.05, 0) is 18.6 Å². The molecule has 3 heteroatoms. The molecule has 0 aliphatic carbocycles. The SMILES string of the molecule is CC(OCc1ccccc1)c1cncc(Cl)c1. The van der Waals surface area contributed by atoms with E-state index in [-0.39, 0.29) is 6.10 Å². The summed E-state index contributed by atoms with van der Waals surface area (Å²) in [4.78, 5) is 4.05. The number of hydrogen-bond acceptors (Lipinski definition) is 2. The van der Waals surface area contributed by atoms with E-state index in [1.807, 2.05) is 43.3 Å². The fourth-order valence-corrected chi connectivity index (χ4v) is 1.72. The molecule has 0 saturated heterocycles. The van der Waals surface area contributed by atoms with E-state index in [2.05, 4.69) is 4.98 Å². The molecular weight excluding hydrogens is 234 g/mol. The summed E-state index contributed by atoms with van der Waals surface area (Å²) in [7, 11) is 0. The molecule has 0 aliphatic rings. The minimum Gasteiger partial charge on any atom is -0.369 e. The summed E-state index contributed by atoms with van der Waals surface area (Å²) in [5.74, 6) is 0. The number of halogens is 1. The summed E-state index contributed by atoms with van der Waals surface area (Å²) >= 11 is 5.89. The van der Waals surface area contributed by atoms with Crippen LogP contribution in [0.4, 0.5) is 0 Å². The van der Waals surface area contributed by atoms with Crippen LogP contribution in [0.5, 0.6) is 0 Å². The van der Waals surface area contributed by atoms with Crippen molar-refractivity contribution < 1.29 is 4.74 Å². The summed E-state index contributed by atoms with van der Waals surface area (Å²) in [5.41, 5.74) is 2.16. The molecule has 0 N–H and O–H groups in total. The predicted molar refractivity (Wildman–Crippen MR) is 68.9 cm³/mol. The van der Waals surface area contributed by atoms with Crippen LogP contribution in [0, 0.1) is 0 Å². The monoisotopic (exact) mass is 247 g/mol. The molecular formula is C14H14ClNO. The topological polar surface area (TPSA) is 22.1 Å². The molecule has 17 heavy (non-hydrogen) atoms. The predicted octanol–water partition coefficient (Wildman–Crippen LogP) is 4.01. The second-order valence-electron chi connectivity index (χ2n) is 3.88. The van der Waals surface area contributed by atoms with Crippen LogP contribution >= 0.6 is 11.6 Å². The van der Waals surface area contributed by atoms with Gasteiger partial charge in [0.05, 0.1) is 17.7 Å². The normalized spacial score (nSPS) is 12.4. The number of rotatable bonds is 4. The van der Waals surface area contributed by atoms with Gasteiger partial charge in [0.2, 0.25) is 0 Å². The molecule has 0 bridgehead atoms. The van der Waals surface area contributed by atoms with Crippen molar-refractivity contribution in [3.8, 4) is 0 Å². The number of pyridine rings is 1. The van der Waals surface area contributed by atoms with Crippen molar-refractivity contribution in [2.45, 2.75) is 19.6 Å². The smallest absolute Gasteiger partial charge is 0.0816 e. The Balaban J connectivity index is 1.96. The van der Waals surface area contributed by atoms with Gasteiger partial charge in [0.25, 0.3) is 0 Å². The van der Waals surface area contributed by atoms with E-state index in [0.29, 0.717) is 11.6 Å². The lowest BCUT2D eigenvalue weighted by atomic mass is 10.2. The molecule has 1 atom stereocenters. The molecule has 0 fully saturated rings. The first kappa shape index (κ1) is 12.1. The minimum atomic E-state index is -0.0126. The zero-order valence-electron chi connectivity index (χ0n) is 9.64. The van der Waals surface area contributed by atoms with Crippen LogP contribution in [-0.4, -0.2) is 4.98 Å². The van der Waals surface area contributed by atoms with Crippen LogP contribution in [0.15, 0.2) is 48.8 Å². The lowest BCUT2D eigenvalue weighted by Gasteiger charge is -2.13. The van der Waals surface area contributed by atoms with Crippen LogP contribution in [0.1, 0.15) is 24.2 Å². The zero-order chi connectivity index (χ0) is 12.1. The number of hydrogen-bond donors (Lipinski definition) is 0. The Morgan fingerprint density at radius 3 is 2.71 bits per heavy atom. The second kappa shape index (κ2) is 5.80. The van der Waals surface area contributed by atoms with E-state index in [0.717, 1.165) is 11.1 Å². The third kappa shape index (κ3) is 3.55. The van der Waals surface area contributed by atoms with Crippen LogP contribution in [-0.2, 0) is 11.3 Å². The van der Waals surface area contributed by atoms with Crippen LogP contribution < -0.4 is 0 Å². The number of aromatic nitrogens is 1. The Bertz CT molecular complexity index is 473. The fourth-order valence-electron chi connectivity index (χ4n) is 1.54. The molecule has 1 heterocycles. The highest BCUT2D eigenvalue weighted by Gasteiger charge is 2.06. The molecule has 0 saturated carbocycles. The van der Waals surface area contributed by atoms with Crippen molar-refractivity contribution in [3.05, 3.63) is 64.9 Å². The molecule has 2 rings (SSSR count). The van der Waals surface area contributed by atoms with Gasteiger partial charge < -0.3 is 4.74 Å². The van der Waals surface area contributed by atoms with Crippen molar-refractivity contribution in [3.63, 3.8) is 0 Å². The summed E-state index contributed by atoms with van der Waals surface area (Å²) in [6.07, 6.45) is 3.39. The molecule has 88 valence electrons. The molecule has 1 aromatic heterocycles. The summed E-state index contributed by atoms with van der Waals surface area (Å²) in [5, 5.41) is 0.637. The highest BCUT2D eigenvalue weighted by atomic mass is 35.5. The Kier molecular flexibility index (Phi) is 4.13. The van der Waals surface area contributed by atoms with E-state index in [1.54, 1.807) is 12.4 Å². The Morgan fingerprint density at radius 1 is 1.24 bits per heavy atom. The highest BCUT2D eigenvalue weighted by Crippen LogP contribution is 2.20. The highest BCUT2D eigenvalue weighted by molar-refractivity contribution is 6.30. The molecule has 0 aliphatic heterocycles. The molecule has 2 nitrogen and oxygen atoms in total. The van der Waals surface area contributed by atoms with Gasteiger partial charge in [-0.1, -0.05) is 41.9 Å². The number of nitrogens with zero attached hydrogens (tertiary/aromatic N) is 1. The second-order valence-corrected chi connectivity index (χ2v) is 4.31. The number of ether oxygens (including phenoxy) is 1. The van der Waals surface area contributed by atoms with Gasteiger partial charge in [0.15, 0.2) is 0 Å². The third-order valence-electron chi connectivity index (χ3n) is 2.54. The van der Waals surface area contributed by atoms with E-state index in [1.165, 1.54) is 0 Å². The molecule has 1 unspecified atom stereocenters. The first-order chi connectivity index (χ1) is 8.25. The maximum Gasteiger partial charge on any atom is 0.0816 e. The van der Waals surface area contributed by atoms with Crippen LogP contribution in [0.2, 0.25) is 5.02 Å². The van der Waals surface area contributed by atoms with E-state index in [4.69, 9.17) is 16.3 Å². The maximum atomic E-state index is 5.89. The summed E-state index contributed by atoms with van der Waals surface area (Å²) in [6.45, 7) is 2.59. The van der Waals surface area contributed by atoms with Gasteiger partial charge in [0.1, 0.15) is 0 Å². The van der Waals surface area contributed by atoms with Crippen LogP contribution in [0.25, 0.3) is 0 Å². The summed E-state index contributed by atoms with van der Waals surface area (Å²) < 4.78 is 5.77. The number of benzene rings is 1. The molecule has 0 radical (unpaired) electrons. The van der Waals surface area contributed by atoms with Crippen LogP contribution in [0.3, 0.4) is 0 Å². The van der Waals surface area contributed by atoms with Crippen molar-refractivity contribution >= 4 is 11.6 Å². The van der Waals surface area contributed by atoms with E-state index >= 15 is 0 Å². The Morgan fingerprint density at radius 2 is 2.00 bits per heavy atom. The zero-order valence-corrected chi connectivity index (χ0v) is 10.4. The van der Waals surface area contributed by atoms with Crippen molar-refractivity contribution in [1.29, 1.82) is 0 Å². The standard InChI is InChI=1S/C14H14ClNO/c1-11(13-7-14(15)9-16-8-13)17-10-12-5-3-2-4-6-12/h2-9,11H,10H2,1H3. The lowest BCUT2D eigenvalue weighted by Crippen LogP contribution is -2.00. The first-order valence-electron chi connectivity index (χ1n) is 5.51. The van der Waals surface area contributed by atoms with Gasteiger partial charge in [-0.3, -0.25) is 4.98 Å². The van der Waals surface area contributed by atoms with Gasteiger partial charge in [0, 0.05) is 18.0 Å². The Hall–Kier alpha value is -1.38. The average molecular weight is 248 g/mol. The van der Waals surface area contributed by atoms with E-state index < -0.39 is 0 Å². The first-order valence-corrected chi connectivity index (χ1v) is 5.89. The third-order valence-corrected chi connectivity index (χ3v) is 2.74. The fraction of sp³-hybridized carbons (Fsp3) is 0.214. The van der Waals surface area contributed by atoms with Gasteiger partial charge in [-0.15, -0.1) is 0 Å². The van der Waals surface area contributed by atoms with Gasteiger partial charge in [-0.25, -0.2) is 0 Å². The quantitative estimate of drug-likeness (QED) is 0.814. The van der Waals surface area contributed by atoms with E-state index in [9.17, 15) is 0 Å². The molecule has 0 amide bonds. The van der Waals surface area contributed by atoms with Gasteiger partial charge in [-0.2, -0.15) is 0 Å². The van der Waals surface area contributed by atoms with Gasteiger partial charge >= 0.3 is 0 Å². The summed E-state index contributed by atoms with van der Waals surface area (Å²) in [6, 6.07) is 12.0. The molecule has 0 spiro atoms. The largest absolute Gasteiger partial charge is 0.369 e. The average Bonchev–Trinajstić information content (AvgIpc) is 2.37.